The van der Waals surface area contributed by atoms with E-state index in [0.717, 1.165) is 5.82 Å². The first kappa shape index (κ1) is 26.0. The molecule has 1 nitrogen and oxygen atoms in total. The largest absolute Gasteiger partial charge is 0.274 e. The maximum atomic E-state index is 11.2. The summed E-state index contributed by atoms with van der Waals surface area (Å²) < 4.78 is 25.6. The van der Waals surface area contributed by atoms with Crippen LogP contribution >= 0.6 is 52.5 Å². The van der Waals surface area contributed by atoms with Crippen molar-refractivity contribution in [3.05, 3.63) is 102 Å². The first-order valence-corrected chi connectivity index (χ1v) is 11.3. The van der Waals surface area contributed by atoms with Gasteiger partial charge in [-0.15, -0.1) is 9.24 Å². The summed E-state index contributed by atoms with van der Waals surface area (Å²) in [5.41, 5.74) is 0. The molecule has 0 saturated carbocycles. The quantitative estimate of drug-likeness (QED) is 0.357. The molecule has 1 unspecified atom stereocenters. The van der Waals surface area contributed by atoms with Crippen LogP contribution in [0.25, 0.3) is 0 Å². The maximum Gasteiger partial charge on any atom is 0.274 e. The molecule has 29 heavy (non-hydrogen) atoms. The highest BCUT2D eigenvalue weighted by Gasteiger charge is 2.14. The molecular formula is C21H19Cl3F2OP2. The van der Waals surface area contributed by atoms with Crippen molar-refractivity contribution in [1.82, 2.24) is 0 Å². The fraction of sp³-hybridized carbons (Fsp3) is 0.0476. The van der Waals surface area contributed by atoms with Gasteiger partial charge in [-0.3, -0.25) is 0 Å². The van der Waals surface area contributed by atoms with E-state index in [1.54, 1.807) is 0 Å². The Bertz CT molecular complexity index is 729. The van der Waals surface area contributed by atoms with Crippen LogP contribution in [0.4, 0.5) is 8.78 Å². The first-order valence-electron chi connectivity index (χ1n) is 8.25. The van der Waals surface area contributed by atoms with Crippen molar-refractivity contribution >= 4 is 68.4 Å². The third-order valence-electron chi connectivity index (χ3n) is 3.41. The molecule has 154 valence electrons. The molecule has 0 aliphatic carbocycles. The third kappa shape index (κ3) is 10.0. The molecule has 0 aliphatic rings. The topological polar surface area (TPSA) is 9.23 Å². The van der Waals surface area contributed by atoms with E-state index in [9.17, 15) is 8.78 Å². The van der Waals surface area contributed by atoms with Gasteiger partial charge < -0.3 is 0 Å². The number of hydrogen-bond acceptors (Lipinski definition) is 1. The fourth-order valence-corrected chi connectivity index (χ4v) is 4.70. The highest BCUT2D eigenvalue weighted by molar-refractivity contribution is 7.79. The maximum absolute atomic E-state index is 11.2. The molecule has 0 saturated heterocycles. The summed E-state index contributed by atoms with van der Waals surface area (Å²) >= 11 is 13.4. The lowest BCUT2D eigenvalue weighted by molar-refractivity contribution is 0.199. The van der Waals surface area contributed by atoms with Gasteiger partial charge in [-0.1, -0.05) is 103 Å². The number of rotatable bonds is 4. The Hall–Kier alpha value is -1.05. The van der Waals surface area contributed by atoms with Gasteiger partial charge >= 0.3 is 0 Å². The van der Waals surface area contributed by atoms with Crippen LogP contribution in [0, 0.1) is 0 Å². The molecule has 0 bridgehead atoms. The molecule has 1 atom stereocenters. The van der Waals surface area contributed by atoms with Gasteiger partial charge in [0.25, 0.3) is 6.43 Å². The van der Waals surface area contributed by atoms with Gasteiger partial charge in [-0.05, 0) is 29.7 Å². The molecule has 0 radical (unpaired) electrons. The van der Waals surface area contributed by atoms with Crippen LogP contribution in [0.2, 0.25) is 0 Å². The van der Waals surface area contributed by atoms with Crippen LogP contribution in [0.3, 0.4) is 0 Å². The number of hydrogen-bond donors (Lipinski definition) is 0. The molecule has 8 heteroatoms. The minimum Gasteiger partial charge on any atom is -0.204 e. The van der Waals surface area contributed by atoms with Crippen LogP contribution in [0.5, 0.6) is 0 Å². The van der Waals surface area contributed by atoms with Crippen molar-refractivity contribution < 1.29 is 12.6 Å². The zero-order valence-corrected chi connectivity index (χ0v) is 19.5. The average Bonchev–Trinajstić information content (AvgIpc) is 2.76. The SMILES string of the molecule is ClOCl.FC(F)C(Cl)=CP.c1ccc(P(c2ccccc2)c2ccccc2)cc1. The highest BCUT2D eigenvalue weighted by atomic mass is 35.6. The van der Waals surface area contributed by atoms with Gasteiger partial charge in [0.2, 0.25) is 0 Å². The number of halogens is 5. The summed E-state index contributed by atoms with van der Waals surface area (Å²) in [7, 11) is 1.54. The van der Waals surface area contributed by atoms with Crippen molar-refractivity contribution in [2.24, 2.45) is 0 Å². The Morgan fingerprint density at radius 3 is 1.21 bits per heavy atom. The van der Waals surface area contributed by atoms with Gasteiger partial charge in [0, 0.05) is 0 Å². The van der Waals surface area contributed by atoms with E-state index in [4.69, 9.17) is 11.6 Å². The van der Waals surface area contributed by atoms with E-state index < -0.39 is 19.4 Å². The minimum atomic E-state index is -2.53. The van der Waals surface area contributed by atoms with Gasteiger partial charge in [0.15, 0.2) is 0 Å². The fourth-order valence-electron chi connectivity index (χ4n) is 2.25. The lowest BCUT2D eigenvalue weighted by Gasteiger charge is -2.18. The van der Waals surface area contributed by atoms with Crippen LogP contribution in [0.15, 0.2) is 102 Å². The van der Waals surface area contributed by atoms with Gasteiger partial charge in [-0.2, -0.15) is 3.84 Å². The number of alkyl halides is 2. The van der Waals surface area contributed by atoms with Crippen molar-refractivity contribution in [3.63, 3.8) is 0 Å². The molecule has 0 amide bonds. The van der Waals surface area contributed by atoms with Gasteiger partial charge in [0.1, 0.15) is 0 Å². The predicted molar refractivity (Wildman–Crippen MR) is 128 cm³/mol. The normalized spacial score (nSPS) is 10.7. The van der Waals surface area contributed by atoms with E-state index in [1.807, 2.05) is 9.24 Å². The monoisotopic (exact) mass is 492 g/mol. The molecule has 0 N–H and O–H groups in total. The van der Waals surface area contributed by atoms with Crippen molar-refractivity contribution in [2.45, 2.75) is 6.43 Å². The molecule has 0 fully saturated rings. The summed E-state index contributed by atoms with van der Waals surface area (Å²) in [6.45, 7) is 0. The zero-order chi connectivity index (χ0) is 21.5. The van der Waals surface area contributed by atoms with Gasteiger partial charge in [0.05, 0.1) is 28.8 Å². The standard InChI is InChI=1S/C18H15P.C3H4ClF2P.Cl2O/c1-4-10-16(11-5-1)19(17-12-6-2-7-13-17)18-14-8-3-9-15-18;4-2(1-7)3(5)6;1-3-2/h1-15H;1,3H,7H2;. The van der Waals surface area contributed by atoms with Gasteiger partial charge in [-0.25, -0.2) is 8.78 Å². The van der Waals surface area contributed by atoms with E-state index in [0.29, 0.717) is 0 Å². The van der Waals surface area contributed by atoms with E-state index in [1.165, 1.54) is 15.9 Å². The zero-order valence-electron chi connectivity index (χ0n) is 15.1. The lowest BCUT2D eigenvalue weighted by Crippen LogP contribution is -2.20. The summed E-state index contributed by atoms with van der Waals surface area (Å²) in [5.74, 6) is 1.09. The second-order valence-electron chi connectivity index (χ2n) is 5.25. The lowest BCUT2D eigenvalue weighted by atomic mass is 10.4. The number of allylic oxidation sites excluding steroid dienone is 1. The summed E-state index contributed by atoms with van der Waals surface area (Å²) in [6, 6.07) is 32.3. The van der Waals surface area contributed by atoms with Crippen molar-refractivity contribution in [2.75, 3.05) is 0 Å². The second-order valence-corrected chi connectivity index (χ2v) is 8.71. The Kier molecular flexibility index (Phi) is 14.1. The number of benzene rings is 3. The van der Waals surface area contributed by atoms with Crippen LogP contribution < -0.4 is 15.9 Å². The smallest absolute Gasteiger partial charge is 0.204 e. The van der Waals surface area contributed by atoms with E-state index in [-0.39, 0.29) is 0 Å². The Labute approximate surface area is 188 Å². The molecule has 0 heterocycles. The third-order valence-corrected chi connectivity index (χ3v) is 6.72. The Morgan fingerprint density at radius 2 is 1.03 bits per heavy atom. The molecule has 3 aromatic carbocycles. The van der Waals surface area contributed by atoms with Crippen LogP contribution in [0.1, 0.15) is 0 Å². The summed E-state index contributed by atoms with van der Waals surface area (Å²) in [5, 5.41) is 3.77. The van der Waals surface area contributed by atoms with Crippen molar-refractivity contribution in [1.29, 1.82) is 0 Å². The average molecular weight is 494 g/mol. The van der Waals surface area contributed by atoms with Crippen molar-refractivity contribution in [3.8, 4) is 0 Å². The summed E-state index contributed by atoms with van der Waals surface area (Å²) in [6.07, 6.45) is -2.53. The highest BCUT2D eigenvalue weighted by Crippen LogP contribution is 2.32. The Morgan fingerprint density at radius 1 is 0.759 bits per heavy atom. The molecule has 3 aromatic rings. The molecular weight excluding hydrogens is 475 g/mol. The minimum absolute atomic E-state index is 0.426. The van der Waals surface area contributed by atoms with E-state index in [2.05, 4.69) is 119 Å². The Balaban J connectivity index is 0.000000355. The van der Waals surface area contributed by atoms with E-state index >= 15 is 0 Å². The summed E-state index contributed by atoms with van der Waals surface area (Å²) in [4.78, 5) is 0. The molecule has 0 spiro atoms. The van der Waals surface area contributed by atoms with Crippen LogP contribution in [-0.4, -0.2) is 6.43 Å². The molecule has 0 aliphatic heterocycles. The second kappa shape index (κ2) is 15.7. The molecule has 0 aromatic heterocycles. The molecule has 3 rings (SSSR count). The predicted octanol–water partition coefficient (Wildman–Crippen LogP) is 6.96. The van der Waals surface area contributed by atoms with Crippen LogP contribution in [-0.2, 0) is 3.84 Å². The first-order chi connectivity index (χ1) is 14.0.